The molecule has 1 fully saturated rings. The van der Waals surface area contributed by atoms with Gasteiger partial charge in [-0.2, -0.15) is 5.10 Å². The van der Waals surface area contributed by atoms with Crippen LogP contribution < -0.4 is 5.32 Å². The van der Waals surface area contributed by atoms with Crippen LogP contribution in [0.1, 0.15) is 22.7 Å². The molecule has 2 aromatic heterocycles. The van der Waals surface area contributed by atoms with Crippen molar-refractivity contribution in [3.8, 4) is 11.8 Å². The second-order valence-corrected chi connectivity index (χ2v) is 5.90. The zero-order valence-electron chi connectivity index (χ0n) is 12.7. The Kier molecular flexibility index (Phi) is 4.44. The van der Waals surface area contributed by atoms with E-state index in [2.05, 4.69) is 39.2 Å². The summed E-state index contributed by atoms with van der Waals surface area (Å²) < 4.78 is 1.74. The van der Waals surface area contributed by atoms with E-state index in [9.17, 15) is 0 Å². The average Bonchev–Trinajstić information content (AvgIpc) is 2.91. The van der Waals surface area contributed by atoms with Crippen LogP contribution in [0.25, 0.3) is 0 Å². The quantitative estimate of drug-likeness (QED) is 0.639. The molecule has 2 aromatic rings. The second kappa shape index (κ2) is 6.49. The fourth-order valence-electron chi connectivity index (χ4n) is 2.57. The number of pyridine rings is 1. The van der Waals surface area contributed by atoms with Crippen LogP contribution in [-0.4, -0.2) is 46.3 Å². The predicted octanol–water partition coefficient (Wildman–Crippen LogP) is 1.44. The molecule has 0 radical (unpaired) electrons. The van der Waals surface area contributed by atoms with E-state index in [0.717, 1.165) is 36.3 Å². The summed E-state index contributed by atoms with van der Waals surface area (Å²) in [5.41, 5.74) is 2.89. The Morgan fingerprint density at radius 1 is 1.32 bits per heavy atom. The normalized spacial score (nSPS) is 18.8. The van der Waals surface area contributed by atoms with Gasteiger partial charge in [0.05, 0.1) is 11.8 Å². The lowest BCUT2D eigenvalue weighted by atomic mass is 10.0. The molecule has 5 nitrogen and oxygen atoms in total. The van der Waals surface area contributed by atoms with Crippen LogP contribution >= 0.6 is 11.6 Å². The van der Waals surface area contributed by atoms with E-state index in [4.69, 9.17) is 11.6 Å². The highest BCUT2D eigenvalue weighted by atomic mass is 35.5. The van der Waals surface area contributed by atoms with Crippen LogP contribution in [0.4, 0.5) is 0 Å². The second-order valence-electron chi connectivity index (χ2n) is 5.52. The highest BCUT2D eigenvalue weighted by Gasteiger charge is 2.20. The fourth-order valence-corrected chi connectivity index (χ4v) is 2.73. The Morgan fingerprint density at radius 3 is 2.91 bits per heavy atom. The standard InChI is InChI=1S/C16H18ClN5/c1-21-6-5-18-15(11-21)14-7-16(17)19-9-13(14)4-3-12-8-20-22(2)10-12/h7-10,15,18H,5-6,11H2,1-2H3. The fraction of sp³-hybridized carbons (Fsp3) is 0.375. The van der Waals surface area contributed by atoms with Crippen LogP contribution in [-0.2, 0) is 7.05 Å². The zero-order valence-corrected chi connectivity index (χ0v) is 13.4. The van der Waals surface area contributed by atoms with Gasteiger partial charge in [0.2, 0.25) is 0 Å². The maximum atomic E-state index is 6.08. The summed E-state index contributed by atoms with van der Waals surface area (Å²) in [7, 11) is 4.00. The largest absolute Gasteiger partial charge is 0.308 e. The van der Waals surface area contributed by atoms with Crippen molar-refractivity contribution in [1.82, 2.24) is 25.0 Å². The molecule has 0 spiro atoms. The minimum absolute atomic E-state index is 0.220. The van der Waals surface area contributed by atoms with Crippen molar-refractivity contribution in [2.75, 3.05) is 26.7 Å². The molecule has 1 N–H and O–H groups in total. The van der Waals surface area contributed by atoms with Gasteiger partial charge in [-0.3, -0.25) is 4.68 Å². The number of hydrogen-bond donors (Lipinski definition) is 1. The summed E-state index contributed by atoms with van der Waals surface area (Å²) in [5.74, 6) is 6.33. The molecule has 0 aromatic carbocycles. The molecule has 1 saturated heterocycles. The topological polar surface area (TPSA) is 46.0 Å². The van der Waals surface area contributed by atoms with E-state index in [0.29, 0.717) is 5.15 Å². The van der Waals surface area contributed by atoms with Gasteiger partial charge in [0.1, 0.15) is 5.15 Å². The van der Waals surface area contributed by atoms with Gasteiger partial charge in [-0.05, 0) is 18.7 Å². The van der Waals surface area contributed by atoms with Gasteiger partial charge >= 0.3 is 0 Å². The molecule has 1 unspecified atom stereocenters. The Labute approximate surface area is 135 Å². The number of hydrogen-bond acceptors (Lipinski definition) is 4. The maximum absolute atomic E-state index is 6.08. The van der Waals surface area contributed by atoms with E-state index in [1.807, 2.05) is 19.3 Å². The molecule has 0 aliphatic carbocycles. The summed E-state index contributed by atoms with van der Waals surface area (Å²) in [5, 5.41) is 8.14. The van der Waals surface area contributed by atoms with Gasteiger partial charge in [-0.1, -0.05) is 23.4 Å². The van der Waals surface area contributed by atoms with Gasteiger partial charge in [0.15, 0.2) is 0 Å². The molecule has 0 bridgehead atoms. The van der Waals surface area contributed by atoms with Crippen molar-refractivity contribution in [1.29, 1.82) is 0 Å². The van der Waals surface area contributed by atoms with Crippen LogP contribution in [0.3, 0.4) is 0 Å². The van der Waals surface area contributed by atoms with Crippen LogP contribution in [0, 0.1) is 11.8 Å². The lowest BCUT2D eigenvalue weighted by molar-refractivity contribution is 0.240. The zero-order chi connectivity index (χ0) is 15.5. The third kappa shape index (κ3) is 3.47. The average molecular weight is 316 g/mol. The molecule has 1 atom stereocenters. The molecule has 1 aliphatic heterocycles. The predicted molar refractivity (Wildman–Crippen MR) is 86.7 cm³/mol. The van der Waals surface area contributed by atoms with Crippen molar-refractivity contribution in [2.24, 2.45) is 7.05 Å². The molecular weight excluding hydrogens is 298 g/mol. The Bertz CT molecular complexity index is 728. The summed E-state index contributed by atoms with van der Waals surface area (Å²) in [6.45, 7) is 2.94. The molecule has 0 saturated carbocycles. The first kappa shape index (κ1) is 15.0. The number of aromatic nitrogens is 3. The van der Waals surface area contributed by atoms with Crippen molar-refractivity contribution >= 4 is 11.6 Å². The molecule has 22 heavy (non-hydrogen) atoms. The van der Waals surface area contributed by atoms with E-state index < -0.39 is 0 Å². The van der Waals surface area contributed by atoms with Gasteiger partial charge in [-0.15, -0.1) is 0 Å². The van der Waals surface area contributed by atoms with Gasteiger partial charge in [0.25, 0.3) is 0 Å². The monoisotopic (exact) mass is 315 g/mol. The molecule has 6 heteroatoms. The SMILES string of the molecule is CN1CCNC(c2cc(Cl)ncc2C#Cc2cnn(C)c2)C1. The molecule has 114 valence electrons. The van der Waals surface area contributed by atoms with Crippen LogP contribution in [0.5, 0.6) is 0 Å². The third-order valence-electron chi connectivity index (χ3n) is 3.70. The van der Waals surface area contributed by atoms with Gasteiger partial charge in [0, 0.05) is 50.7 Å². The minimum Gasteiger partial charge on any atom is -0.308 e. The number of piperazine rings is 1. The van der Waals surface area contributed by atoms with E-state index in [1.54, 1.807) is 17.1 Å². The van der Waals surface area contributed by atoms with E-state index >= 15 is 0 Å². The maximum Gasteiger partial charge on any atom is 0.129 e. The number of nitrogens with one attached hydrogen (secondary N) is 1. The summed E-state index contributed by atoms with van der Waals surface area (Å²) >= 11 is 6.08. The molecule has 3 rings (SSSR count). The summed E-state index contributed by atoms with van der Waals surface area (Å²) in [6, 6.07) is 2.13. The summed E-state index contributed by atoms with van der Waals surface area (Å²) in [6.07, 6.45) is 5.39. The number of nitrogens with zero attached hydrogens (tertiary/aromatic N) is 4. The highest BCUT2D eigenvalue weighted by Crippen LogP contribution is 2.22. The van der Waals surface area contributed by atoms with Gasteiger partial charge in [-0.25, -0.2) is 4.98 Å². The molecule has 3 heterocycles. The van der Waals surface area contributed by atoms with E-state index in [-0.39, 0.29) is 6.04 Å². The number of likely N-dealkylation sites (N-methyl/N-ethyl adjacent to an activating group) is 1. The van der Waals surface area contributed by atoms with Crippen LogP contribution in [0.2, 0.25) is 5.15 Å². The number of aryl methyl sites for hydroxylation is 1. The lowest BCUT2D eigenvalue weighted by Gasteiger charge is -2.31. The van der Waals surface area contributed by atoms with Crippen molar-refractivity contribution < 1.29 is 0 Å². The van der Waals surface area contributed by atoms with E-state index in [1.165, 1.54) is 0 Å². The Balaban J connectivity index is 1.92. The summed E-state index contributed by atoms with van der Waals surface area (Å²) in [4.78, 5) is 6.47. The molecule has 1 aliphatic rings. The minimum atomic E-state index is 0.220. The number of halogens is 1. The van der Waals surface area contributed by atoms with Crippen molar-refractivity contribution in [2.45, 2.75) is 6.04 Å². The first-order chi connectivity index (χ1) is 10.6. The third-order valence-corrected chi connectivity index (χ3v) is 3.91. The highest BCUT2D eigenvalue weighted by molar-refractivity contribution is 6.29. The first-order valence-electron chi connectivity index (χ1n) is 7.20. The van der Waals surface area contributed by atoms with Gasteiger partial charge < -0.3 is 10.2 Å². The molecular formula is C16H18ClN5. The number of rotatable bonds is 1. The molecule has 0 amide bonds. The Morgan fingerprint density at radius 2 is 2.18 bits per heavy atom. The smallest absolute Gasteiger partial charge is 0.129 e. The Hall–Kier alpha value is -1.87. The lowest BCUT2D eigenvalue weighted by Crippen LogP contribution is -2.43. The first-order valence-corrected chi connectivity index (χ1v) is 7.57. The van der Waals surface area contributed by atoms with Crippen LogP contribution in [0.15, 0.2) is 24.7 Å². The van der Waals surface area contributed by atoms with Crippen molar-refractivity contribution in [3.05, 3.63) is 46.5 Å². The van der Waals surface area contributed by atoms with Crippen molar-refractivity contribution in [3.63, 3.8) is 0 Å².